The maximum Gasteiger partial charge on any atom is -0.0288 e. The first kappa shape index (κ1) is 23.7. The number of rotatable bonds is 12. The van der Waals surface area contributed by atoms with Crippen LogP contribution in [0.25, 0.3) is 0 Å². The van der Waals surface area contributed by atoms with E-state index < -0.39 is 0 Å². The van der Waals surface area contributed by atoms with Gasteiger partial charge in [0.25, 0.3) is 0 Å². The van der Waals surface area contributed by atoms with Crippen molar-refractivity contribution in [3.63, 3.8) is 0 Å². The molecule has 0 bridgehead atoms. The van der Waals surface area contributed by atoms with E-state index in [2.05, 4.69) is 78.8 Å². The predicted molar refractivity (Wildman–Crippen MR) is 117 cm³/mol. The van der Waals surface area contributed by atoms with Gasteiger partial charge in [-0.15, -0.1) is 0 Å². The Morgan fingerprint density at radius 3 is 1.08 bits per heavy atom. The number of hydrogen-bond donors (Lipinski definition) is 0. The summed E-state index contributed by atoms with van der Waals surface area (Å²) in [6, 6.07) is 0. The van der Waals surface area contributed by atoms with Crippen LogP contribution in [0.2, 0.25) is 0 Å². The molecule has 0 aliphatic heterocycles. The average molecular weight is 343 g/mol. The summed E-state index contributed by atoms with van der Waals surface area (Å²) in [5, 5.41) is 0. The van der Waals surface area contributed by atoms with Crippen molar-refractivity contribution in [2.24, 2.45) is 0 Å². The van der Waals surface area contributed by atoms with Crippen molar-refractivity contribution in [1.82, 2.24) is 0 Å². The van der Waals surface area contributed by atoms with Crippen LogP contribution in [0, 0.1) is 0 Å². The molecule has 142 valence electrons. The molecule has 0 rings (SSSR count). The summed E-state index contributed by atoms with van der Waals surface area (Å²) in [4.78, 5) is 0. The first-order valence-electron chi connectivity index (χ1n) is 10.0. The van der Waals surface area contributed by atoms with Gasteiger partial charge < -0.3 is 0 Å². The van der Waals surface area contributed by atoms with E-state index in [0.29, 0.717) is 0 Å². The van der Waals surface area contributed by atoms with Gasteiger partial charge in [-0.25, -0.2) is 0 Å². The summed E-state index contributed by atoms with van der Waals surface area (Å²) in [5.74, 6) is 0. The second kappa shape index (κ2) is 15.0. The van der Waals surface area contributed by atoms with E-state index in [9.17, 15) is 0 Å². The Morgan fingerprint density at radius 1 is 0.400 bits per heavy atom. The molecule has 0 aromatic heterocycles. The minimum Gasteiger partial charge on any atom is -0.0856 e. The zero-order valence-electron chi connectivity index (χ0n) is 18.0. The molecule has 0 atom stereocenters. The van der Waals surface area contributed by atoms with Crippen LogP contribution in [-0.2, 0) is 0 Å². The zero-order chi connectivity index (χ0) is 19.1. The van der Waals surface area contributed by atoms with Gasteiger partial charge >= 0.3 is 0 Å². The van der Waals surface area contributed by atoms with Gasteiger partial charge in [-0.1, -0.05) is 58.2 Å². The molecule has 0 heteroatoms. The minimum absolute atomic E-state index is 1.17. The molecular formula is C25H42. The van der Waals surface area contributed by atoms with Crippen LogP contribution in [0.5, 0.6) is 0 Å². The van der Waals surface area contributed by atoms with Crippen molar-refractivity contribution in [1.29, 1.82) is 0 Å². The van der Waals surface area contributed by atoms with Gasteiger partial charge in [-0.2, -0.15) is 0 Å². The lowest BCUT2D eigenvalue weighted by Gasteiger charge is -2.02. The molecule has 0 saturated carbocycles. The molecule has 0 unspecified atom stereocenters. The Labute approximate surface area is 158 Å². The van der Waals surface area contributed by atoms with Gasteiger partial charge in [0.2, 0.25) is 0 Å². The van der Waals surface area contributed by atoms with Crippen molar-refractivity contribution < 1.29 is 0 Å². The van der Waals surface area contributed by atoms with E-state index >= 15 is 0 Å². The highest BCUT2D eigenvalue weighted by Gasteiger charge is 1.93. The smallest absolute Gasteiger partial charge is 0.0288 e. The standard InChI is InChI=1S/C25H42/c1-21(2)13-8-9-15-23(5)17-11-19-25(7)20-12-18-24(6)16-10-14-22(3)4/h13-15,18-19H,8-12,16-17,20H2,1-7H3/b23-15+,24-18+,25-19+. The van der Waals surface area contributed by atoms with Crippen LogP contribution >= 0.6 is 0 Å². The fourth-order valence-electron chi connectivity index (χ4n) is 2.69. The lowest BCUT2D eigenvalue weighted by Crippen LogP contribution is -1.82. The normalized spacial score (nSPS) is 13.0. The molecule has 0 aromatic rings. The van der Waals surface area contributed by atoms with E-state index in [0.717, 1.165) is 0 Å². The monoisotopic (exact) mass is 342 g/mol. The van der Waals surface area contributed by atoms with Crippen LogP contribution in [0.1, 0.15) is 99.8 Å². The number of unbranched alkanes of at least 4 members (excludes halogenated alkanes) is 1. The topological polar surface area (TPSA) is 0 Å². The van der Waals surface area contributed by atoms with Crippen molar-refractivity contribution >= 4 is 0 Å². The van der Waals surface area contributed by atoms with Gasteiger partial charge in [0.05, 0.1) is 0 Å². The Hall–Kier alpha value is -1.30. The second-order valence-corrected chi connectivity index (χ2v) is 7.91. The summed E-state index contributed by atoms with van der Waals surface area (Å²) in [5.41, 5.74) is 7.44. The predicted octanol–water partition coefficient (Wildman–Crippen LogP) is 8.88. The van der Waals surface area contributed by atoms with Gasteiger partial charge in [0.1, 0.15) is 0 Å². The van der Waals surface area contributed by atoms with E-state index in [1.54, 1.807) is 0 Å². The van der Waals surface area contributed by atoms with E-state index in [1.165, 1.54) is 79.2 Å². The minimum atomic E-state index is 1.17. The van der Waals surface area contributed by atoms with Crippen LogP contribution in [0.3, 0.4) is 0 Å². The maximum absolute atomic E-state index is 2.43. The lowest BCUT2D eigenvalue weighted by atomic mass is 10.0. The molecule has 0 N–H and O–H groups in total. The van der Waals surface area contributed by atoms with Gasteiger partial charge in [-0.3, -0.25) is 0 Å². The summed E-state index contributed by atoms with van der Waals surface area (Å²) < 4.78 is 0. The van der Waals surface area contributed by atoms with Gasteiger partial charge in [-0.05, 0) is 99.8 Å². The third kappa shape index (κ3) is 17.3. The highest BCUT2D eigenvalue weighted by Crippen LogP contribution is 2.14. The molecular weight excluding hydrogens is 300 g/mol. The number of hydrogen-bond acceptors (Lipinski definition) is 0. The highest BCUT2D eigenvalue weighted by molar-refractivity contribution is 5.07. The van der Waals surface area contributed by atoms with Gasteiger partial charge in [0, 0.05) is 0 Å². The third-order valence-corrected chi connectivity index (χ3v) is 4.37. The second-order valence-electron chi connectivity index (χ2n) is 7.91. The zero-order valence-corrected chi connectivity index (χ0v) is 18.0. The number of allylic oxidation sites excluding steroid dienone is 10. The van der Waals surface area contributed by atoms with Crippen molar-refractivity contribution in [3.05, 3.63) is 58.2 Å². The largest absolute Gasteiger partial charge is 0.0856 e. The van der Waals surface area contributed by atoms with Crippen LogP contribution in [0.4, 0.5) is 0 Å². The fourth-order valence-corrected chi connectivity index (χ4v) is 2.69. The first-order valence-corrected chi connectivity index (χ1v) is 10.0. The molecule has 0 aliphatic carbocycles. The molecule has 0 fully saturated rings. The quantitative estimate of drug-likeness (QED) is 0.245. The maximum atomic E-state index is 2.43. The Bertz CT molecular complexity index is 498. The molecule has 0 amide bonds. The summed E-state index contributed by atoms with van der Waals surface area (Å²) >= 11 is 0. The van der Waals surface area contributed by atoms with Crippen LogP contribution in [0.15, 0.2) is 58.2 Å². The average Bonchev–Trinajstić information content (AvgIpc) is 2.51. The summed E-state index contributed by atoms with van der Waals surface area (Å²) in [6.45, 7) is 15.5. The van der Waals surface area contributed by atoms with Crippen LogP contribution in [-0.4, -0.2) is 0 Å². The Balaban J connectivity index is 3.99. The first-order chi connectivity index (χ1) is 11.8. The molecule has 25 heavy (non-hydrogen) atoms. The molecule has 0 aromatic carbocycles. The van der Waals surface area contributed by atoms with Crippen molar-refractivity contribution in [2.75, 3.05) is 0 Å². The Kier molecular flexibility index (Phi) is 14.2. The van der Waals surface area contributed by atoms with E-state index in [-0.39, 0.29) is 0 Å². The van der Waals surface area contributed by atoms with Gasteiger partial charge in [0.15, 0.2) is 0 Å². The molecule has 0 aliphatic rings. The van der Waals surface area contributed by atoms with Crippen molar-refractivity contribution in [2.45, 2.75) is 99.8 Å². The lowest BCUT2D eigenvalue weighted by molar-refractivity contribution is 0.894. The SMILES string of the molecule is CC(C)=CCC/C=C(\C)CC/C=C(\C)CC/C=C(\C)CCC=C(C)C. The molecule has 0 spiro atoms. The molecule has 0 nitrogen and oxygen atoms in total. The fraction of sp³-hybridized carbons (Fsp3) is 0.600. The third-order valence-electron chi connectivity index (χ3n) is 4.37. The summed E-state index contributed by atoms with van der Waals surface area (Å²) in [6.07, 6.45) is 21.4. The van der Waals surface area contributed by atoms with Crippen LogP contribution < -0.4 is 0 Å². The van der Waals surface area contributed by atoms with E-state index in [4.69, 9.17) is 0 Å². The van der Waals surface area contributed by atoms with E-state index in [1.807, 2.05) is 0 Å². The molecule has 0 saturated heterocycles. The molecule has 0 radical (unpaired) electrons. The van der Waals surface area contributed by atoms with Crippen molar-refractivity contribution in [3.8, 4) is 0 Å². The Morgan fingerprint density at radius 2 is 0.680 bits per heavy atom. The molecule has 0 heterocycles. The highest BCUT2D eigenvalue weighted by atomic mass is 14.0. The summed E-state index contributed by atoms with van der Waals surface area (Å²) in [7, 11) is 0.